The van der Waals surface area contributed by atoms with Crippen molar-refractivity contribution in [1.82, 2.24) is 0 Å². The molecule has 0 saturated carbocycles. The molecule has 1 aliphatic carbocycles. The van der Waals surface area contributed by atoms with E-state index in [0.717, 1.165) is 58.1 Å². The van der Waals surface area contributed by atoms with Crippen LogP contribution < -0.4 is 9.80 Å². The number of benzene rings is 8. The summed E-state index contributed by atoms with van der Waals surface area (Å²) in [6, 6.07) is 71.4. The Hall–Kier alpha value is -7.16. The molecule has 286 valence electrons. The van der Waals surface area contributed by atoms with Crippen molar-refractivity contribution in [2.75, 3.05) is 9.80 Å². The highest BCUT2D eigenvalue weighted by Gasteiger charge is 2.44. The molecule has 0 aliphatic heterocycles. The third kappa shape index (κ3) is 7.31. The van der Waals surface area contributed by atoms with Crippen LogP contribution in [0.1, 0.15) is 44.5 Å². The van der Waals surface area contributed by atoms with E-state index in [0.29, 0.717) is 0 Å². The standard InChI is InChI=1S/C57H48N2/c1-5-43-23-27-45(28-24-43)39-57(40-46-29-25-44(6-2)26-30-46)55-37-51(58(47-17-9-7-10-18-47)49-21-13-15-41(3)35-49)31-33-53(55)54-34-32-52(38-56(54)57)59(48-19-11-8-12-20-48)50-22-14-16-42(4)36-50/h5-38H,1-2,39-40H2,3-4H3. The Morgan fingerprint density at radius 3 is 1.14 bits per heavy atom. The van der Waals surface area contributed by atoms with Gasteiger partial charge in [0, 0.05) is 39.5 Å². The van der Waals surface area contributed by atoms with E-state index >= 15 is 0 Å². The molecular formula is C57H48N2. The van der Waals surface area contributed by atoms with Gasteiger partial charge in [0.25, 0.3) is 0 Å². The van der Waals surface area contributed by atoms with E-state index in [2.05, 4.69) is 231 Å². The number of hydrogen-bond donors (Lipinski definition) is 0. The third-order valence-electron chi connectivity index (χ3n) is 11.8. The van der Waals surface area contributed by atoms with E-state index < -0.39 is 5.41 Å². The molecule has 0 fully saturated rings. The maximum Gasteiger partial charge on any atom is 0.0465 e. The first-order valence-corrected chi connectivity index (χ1v) is 20.5. The van der Waals surface area contributed by atoms with Crippen molar-refractivity contribution in [1.29, 1.82) is 0 Å². The van der Waals surface area contributed by atoms with Crippen molar-refractivity contribution in [3.8, 4) is 11.1 Å². The van der Waals surface area contributed by atoms with Crippen LogP contribution in [0.4, 0.5) is 34.1 Å². The van der Waals surface area contributed by atoms with Gasteiger partial charge in [0.15, 0.2) is 0 Å². The number of nitrogens with zero attached hydrogens (tertiary/aromatic N) is 2. The lowest BCUT2D eigenvalue weighted by molar-refractivity contribution is 0.520. The van der Waals surface area contributed by atoms with E-state index in [4.69, 9.17) is 0 Å². The second-order valence-corrected chi connectivity index (χ2v) is 15.8. The van der Waals surface area contributed by atoms with E-state index in [9.17, 15) is 0 Å². The van der Waals surface area contributed by atoms with Crippen LogP contribution in [0.3, 0.4) is 0 Å². The van der Waals surface area contributed by atoms with Gasteiger partial charge in [0.2, 0.25) is 0 Å². The lowest BCUT2D eigenvalue weighted by Gasteiger charge is -2.35. The smallest absolute Gasteiger partial charge is 0.0465 e. The molecule has 2 nitrogen and oxygen atoms in total. The Kier molecular flexibility index (Phi) is 10.1. The Morgan fingerprint density at radius 1 is 0.390 bits per heavy atom. The van der Waals surface area contributed by atoms with Gasteiger partial charge in [-0.3, -0.25) is 0 Å². The van der Waals surface area contributed by atoms with Crippen LogP contribution in [0, 0.1) is 13.8 Å². The van der Waals surface area contributed by atoms with Gasteiger partial charge >= 0.3 is 0 Å². The molecule has 0 saturated heterocycles. The third-order valence-corrected chi connectivity index (χ3v) is 11.8. The zero-order valence-electron chi connectivity index (χ0n) is 33.9. The molecule has 8 aromatic carbocycles. The fraction of sp³-hybridized carbons (Fsp3) is 0.0877. The lowest BCUT2D eigenvalue weighted by atomic mass is 9.69. The number of anilines is 6. The van der Waals surface area contributed by atoms with Crippen LogP contribution in [-0.4, -0.2) is 0 Å². The summed E-state index contributed by atoms with van der Waals surface area (Å²) in [7, 11) is 0. The first-order valence-electron chi connectivity index (χ1n) is 20.5. The van der Waals surface area contributed by atoms with Crippen molar-refractivity contribution in [3.05, 3.63) is 252 Å². The Labute approximate surface area is 349 Å². The van der Waals surface area contributed by atoms with Crippen LogP contribution in [0.15, 0.2) is 207 Å². The van der Waals surface area contributed by atoms with Crippen molar-refractivity contribution in [3.63, 3.8) is 0 Å². The highest BCUT2D eigenvalue weighted by atomic mass is 15.1. The summed E-state index contributed by atoms with van der Waals surface area (Å²) in [5.41, 5.74) is 18.8. The molecule has 0 radical (unpaired) electrons. The molecule has 0 unspecified atom stereocenters. The van der Waals surface area contributed by atoms with Gasteiger partial charge in [0.1, 0.15) is 0 Å². The van der Waals surface area contributed by atoms with Gasteiger partial charge in [-0.2, -0.15) is 0 Å². The summed E-state index contributed by atoms with van der Waals surface area (Å²) in [6.07, 6.45) is 5.47. The topological polar surface area (TPSA) is 6.48 Å². The van der Waals surface area contributed by atoms with Crippen molar-refractivity contribution in [2.45, 2.75) is 32.1 Å². The number of para-hydroxylation sites is 2. The second-order valence-electron chi connectivity index (χ2n) is 15.8. The van der Waals surface area contributed by atoms with Crippen molar-refractivity contribution < 1.29 is 0 Å². The molecule has 8 aromatic rings. The first kappa shape index (κ1) is 37.4. The molecular weight excluding hydrogens is 713 g/mol. The summed E-state index contributed by atoms with van der Waals surface area (Å²) in [5, 5.41) is 0. The fourth-order valence-electron chi connectivity index (χ4n) is 9.02. The summed E-state index contributed by atoms with van der Waals surface area (Å²) in [6.45, 7) is 12.4. The largest absolute Gasteiger partial charge is 0.310 e. The number of fused-ring (bicyclic) bond motifs is 3. The molecule has 1 aliphatic rings. The van der Waals surface area contributed by atoms with Crippen molar-refractivity contribution >= 4 is 46.3 Å². The predicted molar refractivity (Wildman–Crippen MR) is 252 cm³/mol. The van der Waals surface area contributed by atoms with Gasteiger partial charge in [-0.05, 0) is 155 Å². The number of hydrogen-bond acceptors (Lipinski definition) is 2. The Morgan fingerprint density at radius 2 is 0.763 bits per heavy atom. The molecule has 0 atom stereocenters. The zero-order chi connectivity index (χ0) is 40.3. The van der Waals surface area contributed by atoms with E-state index in [1.54, 1.807) is 0 Å². The Bertz CT molecular complexity index is 2570. The molecule has 2 heteroatoms. The van der Waals surface area contributed by atoms with Crippen LogP contribution in [0.5, 0.6) is 0 Å². The van der Waals surface area contributed by atoms with Gasteiger partial charge in [-0.15, -0.1) is 0 Å². The van der Waals surface area contributed by atoms with E-state index in [-0.39, 0.29) is 0 Å². The molecule has 59 heavy (non-hydrogen) atoms. The minimum absolute atomic E-state index is 0.425. The number of rotatable bonds is 12. The van der Waals surface area contributed by atoms with E-state index in [1.807, 2.05) is 12.2 Å². The fourth-order valence-corrected chi connectivity index (χ4v) is 9.02. The summed E-state index contributed by atoms with van der Waals surface area (Å²) in [4.78, 5) is 4.80. The molecule has 9 rings (SSSR count). The zero-order valence-corrected chi connectivity index (χ0v) is 33.9. The Balaban J connectivity index is 1.31. The minimum atomic E-state index is -0.425. The monoisotopic (exact) mass is 760 g/mol. The van der Waals surface area contributed by atoms with Gasteiger partial charge in [0.05, 0.1) is 0 Å². The van der Waals surface area contributed by atoms with Gasteiger partial charge in [-0.25, -0.2) is 0 Å². The first-order chi connectivity index (χ1) is 28.9. The minimum Gasteiger partial charge on any atom is -0.310 e. The number of aryl methyl sites for hydroxylation is 2. The van der Waals surface area contributed by atoms with E-state index in [1.165, 1.54) is 44.5 Å². The summed E-state index contributed by atoms with van der Waals surface area (Å²) < 4.78 is 0. The normalized spacial score (nSPS) is 12.3. The summed E-state index contributed by atoms with van der Waals surface area (Å²) >= 11 is 0. The van der Waals surface area contributed by atoms with Crippen LogP contribution in [-0.2, 0) is 18.3 Å². The average molecular weight is 761 g/mol. The van der Waals surface area contributed by atoms with Gasteiger partial charge in [-0.1, -0.05) is 147 Å². The molecule has 0 aromatic heterocycles. The maximum atomic E-state index is 4.05. The summed E-state index contributed by atoms with van der Waals surface area (Å²) in [5.74, 6) is 0. The van der Waals surface area contributed by atoms with Crippen LogP contribution in [0.25, 0.3) is 23.3 Å². The highest BCUT2D eigenvalue weighted by molar-refractivity contribution is 5.89. The van der Waals surface area contributed by atoms with Gasteiger partial charge < -0.3 is 9.80 Å². The van der Waals surface area contributed by atoms with Crippen LogP contribution >= 0.6 is 0 Å². The molecule has 0 bridgehead atoms. The SMILES string of the molecule is C=Cc1ccc(CC2(Cc3ccc(C=C)cc3)c3cc(N(c4ccccc4)c4cccc(C)c4)ccc3-c3ccc(N(c4ccccc4)c4cccc(C)c4)cc32)cc1. The molecule has 0 N–H and O–H groups in total. The lowest BCUT2D eigenvalue weighted by Crippen LogP contribution is -2.31. The second kappa shape index (κ2) is 16.0. The maximum absolute atomic E-state index is 4.05. The average Bonchev–Trinajstić information content (AvgIpc) is 3.52. The quantitative estimate of drug-likeness (QED) is 0.122. The molecule has 0 amide bonds. The molecule has 0 heterocycles. The predicted octanol–water partition coefficient (Wildman–Crippen LogP) is 15.3. The van der Waals surface area contributed by atoms with Crippen LogP contribution in [0.2, 0.25) is 0 Å². The van der Waals surface area contributed by atoms with Crippen molar-refractivity contribution in [2.24, 2.45) is 0 Å². The molecule has 0 spiro atoms. The highest BCUT2D eigenvalue weighted by Crippen LogP contribution is 2.55.